The van der Waals surface area contributed by atoms with Crippen molar-refractivity contribution in [3.63, 3.8) is 0 Å². The number of aryl methyl sites for hydroxylation is 2. The first-order valence-corrected chi connectivity index (χ1v) is 5.62. The Bertz CT molecular complexity index is 708. The van der Waals surface area contributed by atoms with E-state index >= 15 is 0 Å². The number of nitriles is 1. The molecule has 0 spiro atoms. The van der Waals surface area contributed by atoms with Crippen LogP contribution in [0.4, 0.5) is 0 Å². The van der Waals surface area contributed by atoms with E-state index in [4.69, 9.17) is 5.26 Å². The molecule has 0 aliphatic carbocycles. The summed E-state index contributed by atoms with van der Waals surface area (Å²) in [6.07, 6.45) is 0. The Morgan fingerprint density at radius 3 is 2.67 bits per heavy atom. The molecule has 4 nitrogen and oxygen atoms in total. The lowest BCUT2D eigenvalue weighted by atomic mass is 10.1. The van der Waals surface area contributed by atoms with Gasteiger partial charge in [-0.05, 0) is 38.0 Å². The van der Waals surface area contributed by atoms with Gasteiger partial charge in [-0.1, -0.05) is 12.1 Å². The average molecular weight is 239 g/mol. The molecule has 0 bridgehead atoms. The van der Waals surface area contributed by atoms with E-state index in [1.54, 1.807) is 6.92 Å². The van der Waals surface area contributed by atoms with Crippen molar-refractivity contribution >= 4 is 0 Å². The van der Waals surface area contributed by atoms with Crippen LogP contribution in [0.3, 0.4) is 0 Å². The molecule has 0 unspecified atom stereocenters. The van der Waals surface area contributed by atoms with E-state index in [0.717, 1.165) is 16.8 Å². The summed E-state index contributed by atoms with van der Waals surface area (Å²) in [6, 6.07) is 9.01. The van der Waals surface area contributed by atoms with Gasteiger partial charge in [-0.2, -0.15) is 15.0 Å². The molecule has 1 heterocycles. The van der Waals surface area contributed by atoms with E-state index < -0.39 is 0 Å². The number of nitrogens with zero attached hydrogens (tertiary/aromatic N) is 3. The van der Waals surface area contributed by atoms with Crippen LogP contribution in [0.15, 0.2) is 29.1 Å². The van der Waals surface area contributed by atoms with Crippen LogP contribution in [0.25, 0.3) is 5.69 Å². The van der Waals surface area contributed by atoms with Crippen LogP contribution in [0.5, 0.6) is 0 Å². The molecule has 0 fully saturated rings. The Balaban J connectivity index is 2.74. The third-order valence-electron chi connectivity index (χ3n) is 3.04. The number of rotatable bonds is 1. The number of hydrogen-bond donors (Lipinski definition) is 0. The van der Waals surface area contributed by atoms with E-state index in [9.17, 15) is 4.79 Å². The first kappa shape index (κ1) is 12.1. The minimum Gasteiger partial charge on any atom is -0.267 e. The summed E-state index contributed by atoms with van der Waals surface area (Å²) >= 11 is 0. The van der Waals surface area contributed by atoms with Crippen molar-refractivity contribution in [3.8, 4) is 11.8 Å². The maximum absolute atomic E-state index is 12.0. The zero-order chi connectivity index (χ0) is 13.3. The van der Waals surface area contributed by atoms with Crippen molar-refractivity contribution in [2.75, 3.05) is 0 Å². The van der Waals surface area contributed by atoms with Crippen LogP contribution in [-0.2, 0) is 0 Å². The van der Waals surface area contributed by atoms with E-state index in [-0.39, 0.29) is 5.56 Å². The Morgan fingerprint density at radius 2 is 2.00 bits per heavy atom. The molecular formula is C14H13N3O. The Hall–Kier alpha value is -2.41. The fraction of sp³-hybridized carbons (Fsp3) is 0.214. The first-order chi connectivity index (χ1) is 8.54. The summed E-state index contributed by atoms with van der Waals surface area (Å²) < 4.78 is 1.35. The predicted octanol–water partition coefficient (Wildman–Crippen LogP) is 2.03. The fourth-order valence-corrected chi connectivity index (χ4v) is 1.79. The second-order valence-electron chi connectivity index (χ2n) is 4.22. The fourth-order valence-electron chi connectivity index (χ4n) is 1.79. The summed E-state index contributed by atoms with van der Waals surface area (Å²) in [5, 5.41) is 13.1. The number of benzene rings is 1. The molecule has 1 aromatic heterocycles. The predicted molar refractivity (Wildman–Crippen MR) is 68.8 cm³/mol. The molecule has 1 aromatic carbocycles. The molecule has 0 amide bonds. The normalized spacial score (nSPS) is 10.1. The lowest BCUT2D eigenvalue weighted by molar-refractivity contribution is 0.776. The maximum atomic E-state index is 12.0. The van der Waals surface area contributed by atoms with Gasteiger partial charge in [0.25, 0.3) is 5.56 Å². The molecule has 0 N–H and O–H groups in total. The molecule has 18 heavy (non-hydrogen) atoms. The van der Waals surface area contributed by atoms with Crippen molar-refractivity contribution in [3.05, 3.63) is 57.0 Å². The summed E-state index contributed by atoms with van der Waals surface area (Å²) in [5.74, 6) is 0. The molecule has 2 aromatic rings. The highest BCUT2D eigenvalue weighted by molar-refractivity contribution is 5.44. The molecule has 4 heteroatoms. The van der Waals surface area contributed by atoms with Crippen LogP contribution in [-0.4, -0.2) is 9.78 Å². The minimum atomic E-state index is -0.286. The van der Waals surface area contributed by atoms with Crippen LogP contribution in [0.1, 0.15) is 22.4 Å². The lowest BCUT2D eigenvalue weighted by Gasteiger charge is -2.10. The second kappa shape index (κ2) is 4.46. The highest BCUT2D eigenvalue weighted by atomic mass is 16.1. The summed E-state index contributed by atoms with van der Waals surface area (Å²) in [7, 11) is 0. The Morgan fingerprint density at radius 1 is 1.28 bits per heavy atom. The van der Waals surface area contributed by atoms with Gasteiger partial charge in [-0.3, -0.25) is 4.79 Å². The smallest absolute Gasteiger partial charge is 0.267 e. The van der Waals surface area contributed by atoms with Crippen molar-refractivity contribution in [2.24, 2.45) is 0 Å². The molecule has 0 aliphatic rings. The van der Waals surface area contributed by atoms with E-state index in [2.05, 4.69) is 5.10 Å². The van der Waals surface area contributed by atoms with Gasteiger partial charge in [0.1, 0.15) is 6.07 Å². The molecular weight excluding hydrogens is 226 g/mol. The summed E-state index contributed by atoms with van der Waals surface area (Å²) in [6.45, 7) is 5.66. The van der Waals surface area contributed by atoms with Crippen LogP contribution < -0.4 is 5.56 Å². The lowest BCUT2D eigenvalue weighted by Crippen LogP contribution is -2.23. The van der Waals surface area contributed by atoms with E-state index in [1.807, 2.05) is 38.1 Å². The Kier molecular flexibility index (Phi) is 2.99. The van der Waals surface area contributed by atoms with Gasteiger partial charge in [0.05, 0.1) is 16.9 Å². The van der Waals surface area contributed by atoms with Gasteiger partial charge >= 0.3 is 0 Å². The van der Waals surface area contributed by atoms with Crippen molar-refractivity contribution in [2.45, 2.75) is 20.8 Å². The Labute approximate surface area is 105 Å². The zero-order valence-corrected chi connectivity index (χ0v) is 10.6. The highest BCUT2D eigenvalue weighted by Crippen LogP contribution is 2.15. The SMILES string of the molecule is Cc1cccc(-n2nc(C)c(C#N)cc2=O)c1C. The van der Waals surface area contributed by atoms with Crippen LogP contribution in [0.2, 0.25) is 0 Å². The molecule has 0 saturated heterocycles. The number of hydrogen-bond acceptors (Lipinski definition) is 3. The van der Waals surface area contributed by atoms with Gasteiger partial charge in [0, 0.05) is 6.07 Å². The summed E-state index contributed by atoms with van der Waals surface area (Å²) in [4.78, 5) is 12.0. The van der Waals surface area contributed by atoms with E-state index in [0.29, 0.717) is 11.3 Å². The van der Waals surface area contributed by atoms with E-state index in [1.165, 1.54) is 10.7 Å². The largest absolute Gasteiger partial charge is 0.272 e. The van der Waals surface area contributed by atoms with Crippen molar-refractivity contribution in [1.82, 2.24) is 9.78 Å². The molecule has 0 aliphatic heterocycles. The first-order valence-electron chi connectivity index (χ1n) is 5.62. The zero-order valence-electron chi connectivity index (χ0n) is 10.6. The van der Waals surface area contributed by atoms with Crippen molar-refractivity contribution in [1.29, 1.82) is 5.26 Å². The van der Waals surface area contributed by atoms with Gasteiger partial charge in [0.2, 0.25) is 0 Å². The quantitative estimate of drug-likeness (QED) is 0.765. The monoisotopic (exact) mass is 239 g/mol. The third-order valence-corrected chi connectivity index (χ3v) is 3.04. The standard InChI is InChI=1S/C14H13N3O/c1-9-5-4-6-13(10(9)2)17-14(18)7-12(8-15)11(3)16-17/h4-7H,1-3H3. The molecule has 0 saturated carbocycles. The van der Waals surface area contributed by atoms with Gasteiger partial charge in [-0.15, -0.1) is 0 Å². The van der Waals surface area contributed by atoms with Crippen LogP contribution >= 0.6 is 0 Å². The molecule has 2 rings (SSSR count). The topological polar surface area (TPSA) is 58.7 Å². The highest BCUT2D eigenvalue weighted by Gasteiger charge is 2.09. The minimum absolute atomic E-state index is 0.286. The van der Waals surface area contributed by atoms with Gasteiger partial charge in [0.15, 0.2) is 0 Å². The average Bonchev–Trinajstić information content (AvgIpc) is 2.35. The molecule has 90 valence electrons. The second-order valence-corrected chi connectivity index (χ2v) is 4.22. The van der Waals surface area contributed by atoms with Gasteiger partial charge in [-0.25, -0.2) is 0 Å². The molecule has 0 radical (unpaired) electrons. The number of aromatic nitrogens is 2. The summed E-state index contributed by atoms with van der Waals surface area (Å²) in [5.41, 5.74) is 3.46. The maximum Gasteiger partial charge on any atom is 0.272 e. The van der Waals surface area contributed by atoms with Crippen molar-refractivity contribution < 1.29 is 0 Å². The third kappa shape index (κ3) is 1.91. The van der Waals surface area contributed by atoms with Crippen LogP contribution in [0, 0.1) is 32.1 Å². The van der Waals surface area contributed by atoms with Gasteiger partial charge < -0.3 is 0 Å². The molecule has 0 atom stereocenters.